The van der Waals surface area contributed by atoms with Gasteiger partial charge in [-0.05, 0) is 36.1 Å². The maximum Gasteiger partial charge on any atom is 0.0720 e. The van der Waals surface area contributed by atoms with Gasteiger partial charge in [0.05, 0.1) is 12.7 Å². The van der Waals surface area contributed by atoms with Crippen LogP contribution in [0, 0.1) is 0 Å². The Morgan fingerprint density at radius 3 is 2.35 bits per heavy atom. The third kappa shape index (κ3) is 5.54. The lowest BCUT2D eigenvalue weighted by atomic mass is 10.1. The largest absolute Gasteiger partial charge is 0.399 e. The summed E-state index contributed by atoms with van der Waals surface area (Å²) in [6, 6.07) is 18.6. The molecule has 1 saturated heterocycles. The fourth-order valence-corrected chi connectivity index (χ4v) is 2.97. The molecule has 124 valence electrons. The van der Waals surface area contributed by atoms with Crippen molar-refractivity contribution in [3.63, 3.8) is 0 Å². The summed E-state index contributed by atoms with van der Waals surface area (Å²) in [6.45, 7) is 3.89. The number of ether oxygens (including phenoxy) is 1. The molecule has 23 heavy (non-hydrogen) atoms. The van der Waals surface area contributed by atoms with Gasteiger partial charge in [0, 0.05) is 25.3 Å². The average Bonchev–Trinajstić information content (AvgIpc) is 2.55. The number of nitrogens with two attached hydrogens (primary N) is 1. The van der Waals surface area contributed by atoms with Crippen LogP contribution >= 0.6 is 12.4 Å². The highest BCUT2D eigenvalue weighted by atomic mass is 35.5. The number of hydrogen-bond donors (Lipinski definition) is 1. The van der Waals surface area contributed by atoms with Crippen molar-refractivity contribution in [1.82, 2.24) is 4.90 Å². The van der Waals surface area contributed by atoms with E-state index in [1.807, 2.05) is 18.2 Å². The first-order chi connectivity index (χ1) is 10.8. The molecular weight excluding hydrogens is 308 g/mol. The van der Waals surface area contributed by atoms with E-state index in [9.17, 15) is 0 Å². The van der Waals surface area contributed by atoms with Gasteiger partial charge in [0.1, 0.15) is 0 Å². The van der Waals surface area contributed by atoms with Gasteiger partial charge in [-0.15, -0.1) is 12.4 Å². The molecule has 0 saturated carbocycles. The summed E-state index contributed by atoms with van der Waals surface area (Å²) in [4.78, 5) is 2.48. The van der Waals surface area contributed by atoms with E-state index in [0.29, 0.717) is 6.10 Å². The molecule has 1 aliphatic heterocycles. The number of nitrogens with zero attached hydrogens (tertiary/aromatic N) is 1. The molecule has 3 rings (SSSR count). The number of hydrogen-bond acceptors (Lipinski definition) is 3. The molecule has 2 N–H and O–H groups in total. The maximum atomic E-state index is 6.04. The minimum absolute atomic E-state index is 0. The summed E-state index contributed by atoms with van der Waals surface area (Å²) < 4.78 is 6.04. The molecule has 3 nitrogen and oxygen atoms in total. The molecule has 0 spiro atoms. The van der Waals surface area contributed by atoms with Gasteiger partial charge in [0.15, 0.2) is 0 Å². The van der Waals surface area contributed by atoms with E-state index in [1.54, 1.807) is 0 Å². The van der Waals surface area contributed by atoms with Crippen LogP contribution in [0.3, 0.4) is 0 Å². The van der Waals surface area contributed by atoms with Crippen LogP contribution in [-0.2, 0) is 17.9 Å². The van der Waals surface area contributed by atoms with Gasteiger partial charge in [-0.1, -0.05) is 42.5 Å². The van der Waals surface area contributed by atoms with E-state index >= 15 is 0 Å². The van der Waals surface area contributed by atoms with Crippen molar-refractivity contribution >= 4 is 18.1 Å². The first-order valence-corrected chi connectivity index (χ1v) is 8.02. The van der Waals surface area contributed by atoms with E-state index in [4.69, 9.17) is 10.5 Å². The lowest BCUT2D eigenvalue weighted by Gasteiger charge is -2.32. The first kappa shape index (κ1) is 17.8. The molecule has 0 amide bonds. The Morgan fingerprint density at radius 1 is 0.957 bits per heavy atom. The van der Waals surface area contributed by atoms with Crippen molar-refractivity contribution in [1.29, 1.82) is 0 Å². The predicted molar refractivity (Wildman–Crippen MR) is 97.6 cm³/mol. The Hall–Kier alpha value is -1.55. The Balaban J connectivity index is 0.00000192. The van der Waals surface area contributed by atoms with Gasteiger partial charge in [0.25, 0.3) is 0 Å². The molecule has 4 heteroatoms. The standard InChI is InChI=1S/C19H24N2O.ClH/c20-18-8-4-7-17(13-18)14-21-11-9-19(10-12-21)22-15-16-5-2-1-3-6-16;/h1-8,13,19H,9-12,14-15,20H2;1H. The fraction of sp³-hybridized carbons (Fsp3) is 0.368. The van der Waals surface area contributed by atoms with E-state index in [-0.39, 0.29) is 12.4 Å². The van der Waals surface area contributed by atoms with Gasteiger partial charge in [0.2, 0.25) is 0 Å². The minimum atomic E-state index is 0. The number of piperidine rings is 1. The Labute approximate surface area is 144 Å². The predicted octanol–water partition coefficient (Wildman–Crippen LogP) is 3.87. The number of rotatable bonds is 5. The van der Waals surface area contributed by atoms with Crippen molar-refractivity contribution in [3.05, 3.63) is 65.7 Å². The van der Waals surface area contributed by atoms with Crippen LogP contribution in [0.5, 0.6) is 0 Å². The van der Waals surface area contributed by atoms with Crippen LogP contribution in [0.1, 0.15) is 24.0 Å². The van der Waals surface area contributed by atoms with Gasteiger partial charge in [-0.2, -0.15) is 0 Å². The van der Waals surface area contributed by atoms with E-state index < -0.39 is 0 Å². The topological polar surface area (TPSA) is 38.5 Å². The summed E-state index contributed by atoms with van der Waals surface area (Å²) in [5.74, 6) is 0. The molecule has 1 heterocycles. The zero-order valence-electron chi connectivity index (χ0n) is 13.4. The lowest BCUT2D eigenvalue weighted by molar-refractivity contribution is -0.00393. The highest BCUT2D eigenvalue weighted by molar-refractivity contribution is 5.85. The molecule has 1 fully saturated rings. The SMILES string of the molecule is Cl.Nc1cccc(CN2CCC(OCc3ccccc3)CC2)c1. The average molecular weight is 333 g/mol. The number of benzene rings is 2. The van der Waals surface area contributed by atoms with Crippen LogP contribution in [0.25, 0.3) is 0 Å². The summed E-state index contributed by atoms with van der Waals surface area (Å²) >= 11 is 0. The highest BCUT2D eigenvalue weighted by Gasteiger charge is 2.19. The quantitative estimate of drug-likeness (QED) is 0.845. The van der Waals surface area contributed by atoms with Gasteiger partial charge in [-0.3, -0.25) is 4.90 Å². The number of nitrogen functional groups attached to an aromatic ring is 1. The van der Waals surface area contributed by atoms with Crippen LogP contribution < -0.4 is 5.73 Å². The maximum absolute atomic E-state index is 6.04. The minimum Gasteiger partial charge on any atom is -0.399 e. The Bertz CT molecular complexity index is 583. The Morgan fingerprint density at radius 2 is 1.65 bits per heavy atom. The third-order valence-electron chi connectivity index (χ3n) is 4.22. The van der Waals surface area contributed by atoms with E-state index in [1.165, 1.54) is 11.1 Å². The van der Waals surface area contributed by atoms with Crippen molar-refractivity contribution < 1.29 is 4.74 Å². The van der Waals surface area contributed by atoms with Crippen molar-refractivity contribution in [2.45, 2.75) is 32.1 Å². The monoisotopic (exact) mass is 332 g/mol. The second-order valence-corrected chi connectivity index (χ2v) is 6.02. The van der Waals surface area contributed by atoms with Crippen LogP contribution in [0.15, 0.2) is 54.6 Å². The van der Waals surface area contributed by atoms with Crippen molar-refractivity contribution in [2.24, 2.45) is 0 Å². The normalized spacial score (nSPS) is 16.0. The summed E-state index contributed by atoms with van der Waals surface area (Å²) in [7, 11) is 0. The van der Waals surface area contributed by atoms with Crippen LogP contribution in [0.2, 0.25) is 0 Å². The first-order valence-electron chi connectivity index (χ1n) is 8.02. The second kappa shape index (κ2) is 8.92. The number of likely N-dealkylation sites (tertiary alicyclic amines) is 1. The van der Waals surface area contributed by atoms with Gasteiger partial charge in [-0.25, -0.2) is 0 Å². The zero-order chi connectivity index (χ0) is 15.2. The molecule has 0 atom stereocenters. The molecule has 2 aromatic rings. The smallest absolute Gasteiger partial charge is 0.0720 e. The molecule has 0 bridgehead atoms. The summed E-state index contributed by atoms with van der Waals surface area (Å²) in [6.07, 6.45) is 2.60. The molecular formula is C19H25ClN2O. The molecule has 2 aromatic carbocycles. The van der Waals surface area contributed by atoms with Crippen LogP contribution in [0.4, 0.5) is 5.69 Å². The van der Waals surface area contributed by atoms with E-state index in [2.05, 4.69) is 41.3 Å². The van der Waals surface area contributed by atoms with E-state index in [0.717, 1.165) is 44.8 Å². The molecule has 1 aliphatic rings. The Kier molecular flexibility index (Phi) is 6.90. The van der Waals surface area contributed by atoms with Crippen molar-refractivity contribution in [3.8, 4) is 0 Å². The fourth-order valence-electron chi connectivity index (χ4n) is 2.97. The molecule has 0 radical (unpaired) electrons. The van der Waals surface area contributed by atoms with Crippen molar-refractivity contribution in [2.75, 3.05) is 18.8 Å². The summed E-state index contributed by atoms with van der Waals surface area (Å²) in [5, 5.41) is 0. The molecule has 0 unspecified atom stereocenters. The zero-order valence-corrected chi connectivity index (χ0v) is 14.2. The summed E-state index contributed by atoms with van der Waals surface area (Å²) in [5.41, 5.74) is 9.24. The lowest BCUT2D eigenvalue weighted by Crippen LogP contribution is -2.36. The third-order valence-corrected chi connectivity index (χ3v) is 4.22. The second-order valence-electron chi connectivity index (χ2n) is 6.02. The molecule has 0 aliphatic carbocycles. The van der Waals surface area contributed by atoms with Crippen LogP contribution in [-0.4, -0.2) is 24.1 Å². The highest BCUT2D eigenvalue weighted by Crippen LogP contribution is 2.18. The number of halogens is 1. The van der Waals surface area contributed by atoms with Gasteiger partial charge < -0.3 is 10.5 Å². The number of anilines is 1. The van der Waals surface area contributed by atoms with Gasteiger partial charge >= 0.3 is 0 Å². The molecule has 0 aromatic heterocycles.